The van der Waals surface area contributed by atoms with Crippen LogP contribution in [0.4, 0.5) is 0 Å². The highest BCUT2D eigenvalue weighted by Gasteiger charge is 2.25. The predicted octanol–water partition coefficient (Wildman–Crippen LogP) is 1.69. The van der Waals surface area contributed by atoms with Gasteiger partial charge in [0.2, 0.25) is 0 Å². The van der Waals surface area contributed by atoms with E-state index < -0.39 is 24.3 Å². The van der Waals surface area contributed by atoms with E-state index in [9.17, 15) is 9.59 Å². The molecule has 1 atom stereocenters. The van der Waals surface area contributed by atoms with Gasteiger partial charge < -0.3 is 10.2 Å². The summed E-state index contributed by atoms with van der Waals surface area (Å²) in [6, 6.07) is 3.09. The van der Waals surface area contributed by atoms with Crippen LogP contribution in [0.1, 0.15) is 23.6 Å². The van der Waals surface area contributed by atoms with Gasteiger partial charge in [-0.25, -0.2) is 4.98 Å². The van der Waals surface area contributed by atoms with Crippen LogP contribution in [-0.4, -0.2) is 27.1 Å². The average molecular weight is 244 g/mol. The summed E-state index contributed by atoms with van der Waals surface area (Å²) in [6.07, 6.45) is -0.514. The van der Waals surface area contributed by atoms with Crippen molar-refractivity contribution >= 4 is 23.5 Å². The van der Waals surface area contributed by atoms with Gasteiger partial charge in [-0.2, -0.15) is 0 Å². The number of pyridine rings is 1. The molecule has 1 aromatic rings. The van der Waals surface area contributed by atoms with E-state index in [1.807, 2.05) is 0 Å². The lowest BCUT2D eigenvalue weighted by Crippen LogP contribution is -2.16. The Morgan fingerprint density at radius 1 is 1.44 bits per heavy atom. The van der Waals surface area contributed by atoms with Crippen LogP contribution in [0.15, 0.2) is 12.1 Å². The minimum Gasteiger partial charge on any atom is -0.481 e. The molecule has 0 aromatic carbocycles. The quantitative estimate of drug-likeness (QED) is 0.786. The number of aromatic nitrogens is 1. The molecule has 0 aliphatic carbocycles. The molecule has 1 rings (SSSR count). The van der Waals surface area contributed by atoms with Gasteiger partial charge in [-0.1, -0.05) is 17.7 Å². The number of carboxylic acid groups (broad SMARTS) is 2. The monoisotopic (exact) mass is 243 g/mol. The van der Waals surface area contributed by atoms with Crippen LogP contribution >= 0.6 is 11.6 Å². The van der Waals surface area contributed by atoms with Gasteiger partial charge in [0.05, 0.1) is 12.3 Å². The summed E-state index contributed by atoms with van der Waals surface area (Å²) >= 11 is 5.78. The summed E-state index contributed by atoms with van der Waals surface area (Å²) in [7, 11) is 0. The van der Waals surface area contributed by atoms with E-state index in [4.69, 9.17) is 21.8 Å². The zero-order valence-electron chi connectivity index (χ0n) is 8.48. The first-order valence-corrected chi connectivity index (χ1v) is 4.87. The topological polar surface area (TPSA) is 87.5 Å². The highest BCUT2D eigenvalue weighted by Crippen LogP contribution is 2.26. The smallest absolute Gasteiger partial charge is 0.311 e. The summed E-state index contributed by atoms with van der Waals surface area (Å²) < 4.78 is 0. The van der Waals surface area contributed by atoms with Crippen LogP contribution < -0.4 is 0 Å². The molecule has 0 aliphatic heterocycles. The van der Waals surface area contributed by atoms with Gasteiger partial charge in [-0.3, -0.25) is 9.59 Å². The maximum atomic E-state index is 10.9. The van der Waals surface area contributed by atoms with Gasteiger partial charge in [0.25, 0.3) is 0 Å². The zero-order chi connectivity index (χ0) is 12.3. The molecule has 0 fully saturated rings. The average Bonchev–Trinajstić information content (AvgIpc) is 2.14. The fraction of sp³-hybridized carbons (Fsp3) is 0.300. The third-order valence-corrected chi connectivity index (χ3v) is 2.37. The van der Waals surface area contributed by atoms with E-state index in [2.05, 4.69) is 4.98 Å². The van der Waals surface area contributed by atoms with E-state index in [-0.39, 0.29) is 10.7 Å². The molecular weight excluding hydrogens is 234 g/mol. The van der Waals surface area contributed by atoms with Gasteiger partial charge in [-0.05, 0) is 13.0 Å². The summed E-state index contributed by atoms with van der Waals surface area (Å²) in [5, 5.41) is 17.6. The summed E-state index contributed by atoms with van der Waals surface area (Å²) in [6.45, 7) is 1.71. The third kappa shape index (κ3) is 2.93. The van der Waals surface area contributed by atoms with Crippen LogP contribution in [0.25, 0.3) is 0 Å². The van der Waals surface area contributed by atoms with Crippen LogP contribution in [-0.2, 0) is 9.59 Å². The van der Waals surface area contributed by atoms with E-state index in [1.54, 1.807) is 13.0 Å². The van der Waals surface area contributed by atoms with Crippen LogP contribution in [0.3, 0.4) is 0 Å². The Labute approximate surface area is 96.7 Å². The minimum atomic E-state index is -1.23. The number of aryl methyl sites for hydroxylation is 1. The summed E-state index contributed by atoms with van der Waals surface area (Å²) in [4.78, 5) is 25.4. The fourth-order valence-electron chi connectivity index (χ4n) is 1.30. The van der Waals surface area contributed by atoms with Crippen molar-refractivity contribution in [1.29, 1.82) is 0 Å². The highest BCUT2D eigenvalue weighted by atomic mass is 35.5. The molecule has 1 aromatic heterocycles. The molecule has 0 aliphatic rings. The van der Waals surface area contributed by atoms with Gasteiger partial charge in [0, 0.05) is 11.3 Å². The number of carbonyl (C=O) groups is 2. The third-order valence-electron chi connectivity index (χ3n) is 2.07. The predicted molar refractivity (Wildman–Crippen MR) is 56.6 cm³/mol. The highest BCUT2D eigenvalue weighted by molar-refractivity contribution is 6.30. The molecule has 0 spiro atoms. The molecule has 0 radical (unpaired) electrons. The van der Waals surface area contributed by atoms with Crippen molar-refractivity contribution in [3.05, 3.63) is 28.5 Å². The summed E-state index contributed by atoms with van der Waals surface area (Å²) in [5.41, 5.74) is 0.871. The number of carboxylic acids is 2. The Balaban J connectivity index is 3.10. The number of aliphatic carboxylic acids is 2. The first kappa shape index (κ1) is 12.4. The molecular formula is C10H10ClNO4. The SMILES string of the molecule is Cc1ccc(C(CC(=O)O)C(=O)O)c(Cl)n1. The Hall–Kier alpha value is -1.62. The van der Waals surface area contributed by atoms with Crippen molar-refractivity contribution in [2.45, 2.75) is 19.3 Å². The molecule has 0 saturated heterocycles. The molecule has 6 heteroatoms. The largest absolute Gasteiger partial charge is 0.481 e. The van der Waals surface area contributed by atoms with Gasteiger partial charge in [-0.15, -0.1) is 0 Å². The second kappa shape index (κ2) is 4.94. The molecule has 16 heavy (non-hydrogen) atoms. The van der Waals surface area contributed by atoms with Gasteiger partial charge in [0.15, 0.2) is 0 Å². The molecule has 0 bridgehead atoms. The van der Waals surface area contributed by atoms with Crippen LogP contribution in [0, 0.1) is 6.92 Å². The number of rotatable bonds is 4. The normalized spacial score (nSPS) is 12.1. The van der Waals surface area contributed by atoms with Crippen molar-refractivity contribution in [3.8, 4) is 0 Å². The molecule has 1 heterocycles. The molecule has 86 valence electrons. The van der Waals surface area contributed by atoms with Crippen molar-refractivity contribution in [1.82, 2.24) is 4.98 Å². The first-order valence-electron chi connectivity index (χ1n) is 4.49. The van der Waals surface area contributed by atoms with Crippen LogP contribution in [0.5, 0.6) is 0 Å². The Kier molecular flexibility index (Phi) is 3.84. The number of hydrogen-bond donors (Lipinski definition) is 2. The molecule has 2 N–H and O–H groups in total. The first-order chi connectivity index (χ1) is 7.41. The maximum absolute atomic E-state index is 10.9. The van der Waals surface area contributed by atoms with Gasteiger partial charge >= 0.3 is 11.9 Å². The number of nitrogens with zero attached hydrogens (tertiary/aromatic N) is 1. The minimum absolute atomic E-state index is 0.0358. The Morgan fingerprint density at radius 2 is 2.06 bits per heavy atom. The summed E-state index contributed by atoms with van der Waals surface area (Å²) in [5.74, 6) is -3.59. The van der Waals surface area contributed by atoms with E-state index >= 15 is 0 Å². The van der Waals surface area contributed by atoms with Gasteiger partial charge in [0.1, 0.15) is 5.15 Å². The Morgan fingerprint density at radius 3 is 2.50 bits per heavy atom. The maximum Gasteiger partial charge on any atom is 0.311 e. The molecule has 1 unspecified atom stereocenters. The van der Waals surface area contributed by atoms with Crippen molar-refractivity contribution in [3.63, 3.8) is 0 Å². The van der Waals surface area contributed by atoms with Crippen molar-refractivity contribution < 1.29 is 19.8 Å². The lowest BCUT2D eigenvalue weighted by molar-refractivity contribution is -0.145. The van der Waals surface area contributed by atoms with E-state index in [0.29, 0.717) is 5.69 Å². The number of hydrogen-bond acceptors (Lipinski definition) is 3. The van der Waals surface area contributed by atoms with E-state index in [1.165, 1.54) is 6.07 Å². The fourth-order valence-corrected chi connectivity index (χ4v) is 1.63. The van der Waals surface area contributed by atoms with Crippen LogP contribution in [0.2, 0.25) is 5.15 Å². The molecule has 5 nitrogen and oxygen atoms in total. The van der Waals surface area contributed by atoms with E-state index in [0.717, 1.165) is 0 Å². The lowest BCUT2D eigenvalue weighted by Gasteiger charge is -2.11. The van der Waals surface area contributed by atoms with Crippen molar-refractivity contribution in [2.75, 3.05) is 0 Å². The molecule has 0 amide bonds. The second-order valence-electron chi connectivity index (χ2n) is 3.32. The lowest BCUT2D eigenvalue weighted by atomic mass is 9.97. The number of halogens is 1. The van der Waals surface area contributed by atoms with Crippen molar-refractivity contribution in [2.24, 2.45) is 0 Å². The second-order valence-corrected chi connectivity index (χ2v) is 3.68. The zero-order valence-corrected chi connectivity index (χ0v) is 9.23. The standard InChI is InChI=1S/C10H10ClNO4/c1-5-2-3-6(9(11)12-5)7(10(15)16)4-8(13)14/h2-3,7H,4H2,1H3,(H,13,14)(H,15,16). The Bertz CT molecular complexity index is 433. The molecule has 0 saturated carbocycles.